The summed E-state index contributed by atoms with van der Waals surface area (Å²) >= 11 is 1.80. The van der Waals surface area contributed by atoms with Crippen molar-refractivity contribution in [1.29, 1.82) is 0 Å². The van der Waals surface area contributed by atoms with E-state index in [9.17, 15) is 4.79 Å². The van der Waals surface area contributed by atoms with Crippen molar-refractivity contribution in [3.63, 3.8) is 0 Å². The van der Waals surface area contributed by atoms with Gasteiger partial charge in [0.1, 0.15) is 5.76 Å². The lowest BCUT2D eigenvalue weighted by Gasteiger charge is -2.48. The van der Waals surface area contributed by atoms with Crippen LogP contribution < -0.4 is 4.90 Å². The van der Waals surface area contributed by atoms with Gasteiger partial charge in [-0.1, -0.05) is 110 Å². The monoisotopic (exact) mass is 489 g/mol. The van der Waals surface area contributed by atoms with Crippen LogP contribution in [0.2, 0.25) is 0 Å². The average molecular weight is 490 g/mol. The maximum Gasteiger partial charge on any atom is 0.265 e. The number of benzene rings is 4. The quantitative estimate of drug-likeness (QED) is 0.298. The molecule has 2 heterocycles. The highest BCUT2D eigenvalue weighted by molar-refractivity contribution is 8.00. The SMILES string of the molecule is C[C@H]1C[C@@]2(c3ccccc3)OC(Cc3ccccc3)=C(c3ccccc3)C(=O)N2c2ccccc2S1. The minimum Gasteiger partial charge on any atom is -0.466 e. The Morgan fingerprint density at radius 3 is 2.17 bits per heavy atom. The zero-order valence-electron chi connectivity index (χ0n) is 20.1. The third kappa shape index (κ3) is 3.92. The van der Waals surface area contributed by atoms with Gasteiger partial charge in [-0.15, -0.1) is 11.8 Å². The highest BCUT2D eigenvalue weighted by Crippen LogP contribution is 2.53. The molecule has 0 radical (unpaired) electrons. The summed E-state index contributed by atoms with van der Waals surface area (Å²) < 4.78 is 7.18. The van der Waals surface area contributed by atoms with Crippen molar-refractivity contribution in [3.8, 4) is 0 Å². The number of para-hydroxylation sites is 1. The molecule has 0 unspecified atom stereocenters. The first kappa shape index (κ1) is 22.7. The molecular weight excluding hydrogens is 462 g/mol. The Balaban J connectivity index is 1.63. The van der Waals surface area contributed by atoms with Crippen molar-refractivity contribution in [2.75, 3.05) is 4.90 Å². The number of fused-ring (bicyclic) bond motifs is 3. The van der Waals surface area contributed by atoms with E-state index in [1.807, 2.05) is 89.8 Å². The maximum atomic E-state index is 14.7. The number of hydrogen-bond acceptors (Lipinski definition) is 3. The fourth-order valence-corrected chi connectivity index (χ4v) is 6.50. The summed E-state index contributed by atoms with van der Waals surface area (Å²) in [6.07, 6.45) is 1.21. The average Bonchev–Trinajstić information content (AvgIpc) is 3.04. The first-order valence-corrected chi connectivity index (χ1v) is 13.2. The summed E-state index contributed by atoms with van der Waals surface area (Å²) in [5.74, 6) is 0.693. The van der Waals surface area contributed by atoms with Crippen molar-refractivity contribution in [1.82, 2.24) is 0 Å². The van der Waals surface area contributed by atoms with Gasteiger partial charge in [-0.3, -0.25) is 9.69 Å². The van der Waals surface area contributed by atoms with Gasteiger partial charge in [0.2, 0.25) is 5.72 Å². The minimum atomic E-state index is -0.945. The van der Waals surface area contributed by atoms with Crippen LogP contribution in [0.5, 0.6) is 0 Å². The van der Waals surface area contributed by atoms with Crippen LogP contribution in [0.3, 0.4) is 0 Å². The molecule has 0 spiro atoms. The Morgan fingerprint density at radius 2 is 1.44 bits per heavy atom. The summed E-state index contributed by atoms with van der Waals surface area (Å²) in [5, 5.41) is 0.236. The zero-order chi connectivity index (χ0) is 24.5. The number of ether oxygens (including phenoxy) is 1. The first-order valence-electron chi connectivity index (χ1n) is 12.3. The lowest BCUT2D eigenvalue weighted by atomic mass is 9.89. The van der Waals surface area contributed by atoms with Crippen LogP contribution in [0.25, 0.3) is 5.57 Å². The lowest BCUT2D eigenvalue weighted by Crippen LogP contribution is -2.55. The summed E-state index contributed by atoms with van der Waals surface area (Å²) in [5.41, 5.74) is 3.55. The van der Waals surface area contributed by atoms with Crippen molar-refractivity contribution in [2.45, 2.75) is 35.6 Å². The minimum absolute atomic E-state index is 0.0237. The van der Waals surface area contributed by atoms with Crippen molar-refractivity contribution in [3.05, 3.63) is 138 Å². The molecule has 6 rings (SSSR count). The third-order valence-corrected chi connectivity index (χ3v) is 8.01. The molecule has 2 atom stereocenters. The van der Waals surface area contributed by atoms with Crippen LogP contribution in [0.15, 0.2) is 126 Å². The second-order valence-electron chi connectivity index (χ2n) is 9.32. The molecule has 2 aliphatic rings. The van der Waals surface area contributed by atoms with Crippen LogP contribution >= 0.6 is 11.8 Å². The van der Waals surface area contributed by atoms with Gasteiger partial charge in [-0.25, -0.2) is 0 Å². The third-order valence-electron chi connectivity index (χ3n) is 6.84. The highest BCUT2D eigenvalue weighted by Gasteiger charge is 2.53. The van der Waals surface area contributed by atoms with Gasteiger partial charge < -0.3 is 4.74 Å². The fraction of sp³-hybridized carbons (Fsp3) is 0.156. The molecule has 0 fully saturated rings. The highest BCUT2D eigenvalue weighted by atomic mass is 32.2. The number of nitrogens with zero attached hydrogens (tertiary/aromatic N) is 1. The van der Waals surface area contributed by atoms with E-state index in [4.69, 9.17) is 4.74 Å². The van der Waals surface area contributed by atoms with Gasteiger partial charge in [0, 0.05) is 28.6 Å². The Kier molecular flexibility index (Phi) is 5.90. The van der Waals surface area contributed by atoms with Crippen LogP contribution in [0, 0.1) is 0 Å². The molecule has 0 aromatic heterocycles. The van der Waals surface area contributed by atoms with E-state index in [0.29, 0.717) is 24.2 Å². The number of amides is 1. The topological polar surface area (TPSA) is 29.5 Å². The van der Waals surface area contributed by atoms with Crippen LogP contribution in [0.4, 0.5) is 5.69 Å². The first-order chi connectivity index (χ1) is 17.7. The fourth-order valence-electron chi connectivity index (χ4n) is 5.32. The Morgan fingerprint density at radius 1 is 0.833 bits per heavy atom. The van der Waals surface area contributed by atoms with Gasteiger partial charge >= 0.3 is 0 Å². The second kappa shape index (κ2) is 9.36. The van der Waals surface area contributed by atoms with Crippen LogP contribution in [-0.4, -0.2) is 11.2 Å². The van der Waals surface area contributed by atoms with E-state index in [0.717, 1.165) is 27.3 Å². The van der Waals surface area contributed by atoms with Gasteiger partial charge in [-0.2, -0.15) is 0 Å². The van der Waals surface area contributed by atoms with E-state index < -0.39 is 5.72 Å². The molecule has 3 nitrogen and oxygen atoms in total. The van der Waals surface area contributed by atoms with E-state index in [1.165, 1.54) is 0 Å². The molecule has 4 heteroatoms. The number of carbonyl (C=O) groups excluding carboxylic acids is 1. The molecule has 0 saturated carbocycles. The van der Waals surface area contributed by atoms with Crippen molar-refractivity contribution in [2.24, 2.45) is 0 Å². The Bertz CT molecular complexity index is 1420. The number of rotatable bonds is 4. The second-order valence-corrected chi connectivity index (χ2v) is 10.8. The van der Waals surface area contributed by atoms with Crippen LogP contribution in [0.1, 0.15) is 30.0 Å². The number of thioether (sulfide) groups is 1. The molecule has 2 aliphatic heterocycles. The maximum absolute atomic E-state index is 14.7. The predicted molar refractivity (Wildman–Crippen MR) is 147 cm³/mol. The molecule has 36 heavy (non-hydrogen) atoms. The zero-order valence-corrected chi connectivity index (χ0v) is 20.9. The summed E-state index contributed by atoms with van der Waals surface area (Å²) in [4.78, 5) is 17.8. The summed E-state index contributed by atoms with van der Waals surface area (Å²) in [6, 6.07) is 38.6. The number of anilines is 1. The van der Waals surface area contributed by atoms with E-state index in [2.05, 4.69) is 37.3 Å². The Hall–Kier alpha value is -3.76. The summed E-state index contributed by atoms with van der Waals surface area (Å²) in [6.45, 7) is 2.22. The molecule has 0 aliphatic carbocycles. The molecule has 178 valence electrons. The van der Waals surface area contributed by atoms with E-state index >= 15 is 0 Å². The van der Waals surface area contributed by atoms with E-state index in [1.54, 1.807) is 11.8 Å². The van der Waals surface area contributed by atoms with Crippen molar-refractivity contribution >= 4 is 28.9 Å². The van der Waals surface area contributed by atoms with Gasteiger partial charge in [0.05, 0.1) is 11.3 Å². The standard InChI is InChI=1S/C32H27NO2S/c1-23-22-32(26-17-9-4-10-18-26)33(27-19-11-12-20-29(27)36-23)31(34)30(25-15-7-3-8-16-25)28(35-32)21-24-13-5-2-6-14-24/h2-20,23H,21-22H2,1H3/t23-,32-/m0/s1. The number of carbonyl (C=O) groups is 1. The van der Waals surface area contributed by atoms with Gasteiger partial charge in [0.15, 0.2) is 0 Å². The van der Waals surface area contributed by atoms with E-state index in [-0.39, 0.29) is 11.2 Å². The molecule has 1 amide bonds. The van der Waals surface area contributed by atoms with Gasteiger partial charge in [0.25, 0.3) is 5.91 Å². The Labute approximate surface area is 216 Å². The number of hydrogen-bond donors (Lipinski definition) is 0. The molecule has 0 bridgehead atoms. The molecular formula is C32H27NO2S. The molecule has 0 N–H and O–H groups in total. The molecule has 4 aromatic carbocycles. The summed E-state index contributed by atoms with van der Waals surface area (Å²) in [7, 11) is 0. The molecule has 4 aromatic rings. The van der Waals surface area contributed by atoms with Gasteiger partial charge in [-0.05, 0) is 23.3 Å². The predicted octanol–water partition coefficient (Wildman–Crippen LogP) is 7.44. The molecule has 0 saturated heterocycles. The van der Waals surface area contributed by atoms with Crippen molar-refractivity contribution < 1.29 is 9.53 Å². The van der Waals surface area contributed by atoms with Crippen LogP contribution in [-0.2, 0) is 21.7 Å². The smallest absolute Gasteiger partial charge is 0.265 e. The largest absolute Gasteiger partial charge is 0.466 e. The normalized spacial score (nSPS) is 21.3. The number of allylic oxidation sites excluding steroid dienone is 1. The lowest BCUT2D eigenvalue weighted by molar-refractivity contribution is -0.123.